The van der Waals surface area contributed by atoms with Gasteiger partial charge in [-0.05, 0) is 35.9 Å². The van der Waals surface area contributed by atoms with Crippen molar-refractivity contribution in [3.8, 4) is 0 Å². The molecule has 3 N–H and O–H groups in total. The maximum atomic E-state index is 12.6. The second-order valence-corrected chi connectivity index (χ2v) is 7.79. The van der Waals surface area contributed by atoms with Gasteiger partial charge in [0.2, 0.25) is 5.91 Å². The van der Waals surface area contributed by atoms with Gasteiger partial charge in [-0.1, -0.05) is 42.5 Å². The standard InChI is InChI=1S/C25H25N3O2/c1-18(29)26-23-7-4-8-24(15-23)27-25(30)21-11-9-19(10-12-21)16-28-14-13-20-5-2-3-6-22(20)17-28/h2-12,15H,13-14,16-17H2,1H3,(H,26,29)(H,27,30)/p+1. The van der Waals surface area contributed by atoms with Crippen LogP contribution in [0.5, 0.6) is 0 Å². The zero-order chi connectivity index (χ0) is 20.9. The number of hydrogen-bond donors (Lipinski definition) is 3. The van der Waals surface area contributed by atoms with Crippen LogP contribution in [0.3, 0.4) is 0 Å². The molecule has 0 spiro atoms. The van der Waals surface area contributed by atoms with E-state index < -0.39 is 0 Å². The molecule has 5 heteroatoms. The minimum atomic E-state index is -0.166. The lowest BCUT2D eigenvalue weighted by Gasteiger charge is -2.26. The van der Waals surface area contributed by atoms with E-state index in [-0.39, 0.29) is 11.8 Å². The summed E-state index contributed by atoms with van der Waals surface area (Å²) in [5.41, 5.74) is 6.05. The van der Waals surface area contributed by atoms with Crippen molar-refractivity contribution in [2.75, 3.05) is 17.2 Å². The van der Waals surface area contributed by atoms with Crippen molar-refractivity contribution in [3.05, 3.63) is 95.1 Å². The molecule has 5 nitrogen and oxygen atoms in total. The van der Waals surface area contributed by atoms with Gasteiger partial charge in [0.15, 0.2) is 0 Å². The van der Waals surface area contributed by atoms with Gasteiger partial charge in [-0.25, -0.2) is 0 Å². The van der Waals surface area contributed by atoms with Gasteiger partial charge in [0.1, 0.15) is 13.1 Å². The number of quaternary nitrogens is 1. The first-order valence-corrected chi connectivity index (χ1v) is 10.2. The third-order valence-corrected chi connectivity index (χ3v) is 5.42. The van der Waals surface area contributed by atoms with Crippen LogP contribution >= 0.6 is 0 Å². The molecule has 0 bridgehead atoms. The van der Waals surface area contributed by atoms with Crippen LogP contribution < -0.4 is 15.5 Å². The van der Waals surface area contributed by atoms with Gasteiger partial charge in [-0.15, -0.1) is 0 Å². The molecule has 3 aromatic rings. The third-order valence-electron chi connectivity index (χ3n) is 5.42. The van der Waals surface area contributed by atoms with E-state index in [4.69, 9.17) is 0 Å². The molecule has 1 unspecified atom stereocenters. The monoisotopic (exact) mass is 400 g/mol. The van der Waals surface area contributed by atoms with Crippen LogP contribution in [0.4, 0.5) is 11.4 Å². The Morgan fingerprint density at radius 3 is 2.30 bits per heavy atom. The molecular formula is C25H26N3O2+. The first-order valence-electron chi connectivity index (χ1n) is 10.2. The second-order valence-electron chi connectivity index (χ2n) is 7.79. The lowest BCUT2D eigenvalue weighted by atomic mass is 9.99. The van der Waals surface area contributed by atoms with Gasteiger partial charge >= 0.3 is 0 Å². The Labute approximate surface area is 176 Å². The average molecular weight is 401 g/mol. The SMILES string of the molecule is CC(=O)Nc1cccc(NC(=O)c2ccc(C[NH+]3CCc4ccccc4C3)cc2)c1. The zero-order valence-corrected chi connectivity index (χ0v) is 17.1. The Hall–Kier alpha value is -3.44. The van der Waals surface area contributed by atoms with Crippen LogP contribution in [0.1, 0.15) is 34.0 Å². The van der Waals surface area contributed by atoms with Crippen molar-refractivity contribution in [1.82, 2.24) is 0 Å². The van der Waals surface area contributed by atoms with Crippen LogP contribution in [0, 0.1) is 0 Å². The number of hydrogen-bond acceptors (Lipinski definition) is 2. The smallest absolute Gasteiger partial charge is 0.255 e. The molecule has 0 saturated carbocycles. The van der Waals surface area contributed by atoms with Gasteiger partial charge in [0.05, 0.1) is 6.54 Å². The first kappa shape index (κ1) is 19.9. The van der Waals surface area contributed by atoms with Crippen molar-refractivity contribution in [1.29, 1.82) is 0 Å². The Morgan fingerprint density at radius 2 is 1.57 bits per heavy atom. The molecule has 0 aliphatic carbocycles. The molecule has 3 aromatic carbocycles. The molecule has 0 saturated heterocycles. The van der Waals surface area contributed by atoms with Crippen molar-refractivity contribution < 1.29 is 14.5 Å². The number of fused-ring (bicyclic) bond motifs is 1. The summed E-state index contributed by atoms with van der Waals surface area (Å²) in [5.74, 6) is -0.311. The summed E-state index contributed by atoms with van der Waals surface area (Å²) in [5, 5.41) is 5.61. The van der Waals surface area contributed by atoms with Crippen LogP contribution in [-0.2, 0) is 24.3 Å². The van der Waals surface area contributed by atoms with E-state index in [0.29, 0.717) is 16.9 Å². The zero-order valence-electron chi connectivity index (χ0n) is 17.1. The summed E-state index contributed by atoms with van der Waals surface area (Å²) in [6.07, 6.45) is 1.11. The molecule has 30 heavy (non-hydrogen) atoms. The van der Waals surface area contributed by atoms with E-state index in [1.807, 2.05) is 24.3 Å². The predicted molar refractivity (Wildman–Crippen MR) is 119 cm³/mol. The largest absolute Gasteiger partial charge is 0.327 e. The number of benzene rings is 3. The van der Waals surface area contributed by atoms with E-state index in [1.54, 1.807) is 29.2 Å². The minimum absolute atomic E-state index is 0.145. The first-order chi connectivity index (χ1) is 14.6. The molecule has 152 valence electrons. The van der Waals surface area contributed by atoms with Crippen molar-refractivity contribution in [2.45, 2.75) is 26.4 Å². The second kappa shape index (κ2) is 8.93. The van der Waals surface area contributed by atoms with E-state index in [2.05, 4.69) is 34.9 Å². The summed E-state index contributed by atoms with van der Waals surface area (Å²) in [6, 6.07) is 23.6. The van der Waals surface area contributed by atoms with E-state index in [9.17, 15) is 9.59 Å². The summed E-state index contributed by atoms with van der Waals surface area (Å²) in [7, 11) is 0. The molecule has 1 aliphatic rings. The average Bonchev–Trinajstić information content (AvgIpc) is 2.74. The van der Waals surface area contributed by atoms with Crippen molar-refractivity contribution in [3.63, 3.8) is 0 Å². The van der Waals surface area contributed by atoms with Crippen LogP contribution in [0.15, 0.2) is 72.8 Å². The topological polar surface area (TPSA) is 62.6 Å². The van der Waals surface area contributed by atoms with Crippen molar-refractivity contribution in [2.24, 2.45) is 0 Å². The van der Waals surface area contributed by atoms with Gasteiger partial charge < -0.3 is 15.5 Å². The van der Waals surface area contributed by atoms with Gasteiger partial charge in [-0.3, -0.25) is 9.59 Å². The fourth-order valence-corrected chi connectivity index (χ4v) is 3.94. The predicted octanol–water partition coefficient (Wildman–Crippen LogP) is 3.04. The fourth-order valence-electron chi connectivity index (χ4n) is 3.94. The maximum absolute atomic E-state index is 12.6. The Bertz CT molecular complexity index is 1060. The molecule has 0 radical (unpaired) electrons. The quantitative estimate of drug-likeness (QED) is 0.617. The normalized spacial score (nSPS) is 15.2. The summed E-state index contributed by atoms with van der Waals surface area (Å²) >= 11 is 0. The molecular weight excluding hydrogens is 374 g/mol. The Kier molecular flexibility index (Phi) is 5.91. The van der Waals surface area contributed by atoms with Crippen LogP contribution in [0.25, 0.3) is 0 Å². The number of nitrogens with one attached hydrogen (secondary N) is 3. The molecule has 0 aromatic heterocycles. The third kappa shape index (κ3) is 4.93. The number of anilines is 2. The Morgan fingerprint density at radius 1 is 0.867 bits per heavy atom. The van der Waals surface area contributed by atoms with Crippen LogP contribution in [-0.4, -0.2) is 18.4 Å². The number of rotatable bonds is 5. The number of carbonyl (C=O) groups is 2. The van der Waals surface area contributed by atoms with Gasteiger partial charge in [0, 0.05) is 41.4 Å². The van der Waals surface area contributed by atoms with Gasteiger partial charge in [-0.2, -0.15) is 0 Å². The lowest BCUT2D eigenvalue weighted by Crippen LogP contribution is -3.10. The number of carbonyl (C=O) groups excluding carboxylic acids is 2. The van der Waals surface area contributed by atoms with Gasteiger partial charge in [0.25, 0.3) is 5.91 Å². The highest BCUT2D eigenvalue weighted by atomic mass is 16.2. The summed E-state index contributed by atoms with van der Waals surface area (Å²) < 4.78 is 0. The summed E-state index contributed by atoms with van der Waals surface area (Å²) in [6.45, 7) is 4.58. The Balaban J connectivity index is 1.36. The number of amides is 2. The molecule has 1 atom stereocenters. The minimum Gasteiger partial charge on any atom is -0.327 e. The molecule has 2 amide bonds. The molecule has 1 aliphatic heterocycles. The van der Waals surface area contributed by atoms with E-state index in [0.717, 1.165) is 26.1 Å². The maximum Gasteiger partial charge on any atom is 0.255 e. The molecule has 4 rings (SSSR count). The lowest BCUT2D eigenvalue weighted by molar-refractivity contribution is -0.929. The van der Waals surface area contributed by atoms with Crippen molar-refractivity contribution >= 4 is 23.2 Å². The summed E-state index contributed by atoms with van der Waals surface area (Å²) in [4.78, 5) is 25.3. The highest BCUT2D eigenvalue weighted by Gasteiger charge is 2.19. The molecule has 0 fully saturated rings. The van der Waals surface area contributed by atoms with Crippen LogP contribution in [0.2, 0.25) is 0 Å². The fraction of sp³-hybridized carbons (Fsp3) is 0.200. The van der Waals surface area contributed by atoms with E-state index >= 15 is 0 Å². The van der Waals surface area contributed by atoms with E-state index in [1.165, 1.54) is 23.6 Å². The molecule has 1 heterocycles. The highest BCUT2D eigenvalue weighted by molar-refractivity contribution is 6.04. The highest BCUT2D eigenvalue weighted by Crippen LogP contribution is 2.16.